The van der Waals surface area contributed by atoms with Crippen LogP contribution in [0.15, 0.2) is 48.5 Å². The molecule has 0 aromatic heterocycles. The number of benzene rings is 2. The molecule has 0 bridgehead atoms. The summed E-state index contributed by atoms with van der Waals surface area (Å²) in [5, 5.41) is 3.01. The molecular weight excluding hydrogens is 262 g/mol. The minimum Gasteiger partial charge on any atom is -0.492 e. The number of carbonyl (C=O) groups excluding carboxylic acids is 1. The van der Waals surface area contributed by atoms with Gasteiger partial charge >= 0.3 is 0 Å². The van der Waals surface area contributed by atoms with Gasteiger partial charge in [-0.3, -0.25) is 4.79 Å². The topological polar surface area (TPSA) is 38.3 Å². The van der Waals surface area contributed by atoms with Crippen molar-refractivity contribution in [1.82, 2.24) is 0 Å². The molecule has 0 aliphatic heterocycles. The fraction of sp³-hybridized carbons (Fsp3) is 0.278. The number of anilines is 1. The zero-order chi connectivity index (χ0) is 14.7. The van der Waals surface area contributed by atoms with E-state index in [1.165, 1.54) is 11.1 Å². The highest BCUT2D eigenvalue weighted by molar-refractivity contribution is 5.94. The first-order chi connectivity index (χ1) is 10.3. The summed E-state index contributed by atoms with van der Waals surface area (Å²) in [5.41, 5.74) is 3.33. The molecule has 108 valence electrons. The van der Waals surface area contributed by atoms with Gasteiger partial charge in [-0.15, -0.1) is 0 Å². The van der Waals surface area contributed by atoms with E-state index < -0.39 is 0 Å². The van der Waals surface area contributed by atoms with E-state index in [-0.39, 0.29) is 11.8 Å². The lowest BCUT2D eigenvalue weighted by Gasteiger charge is -2.14. The van der Waals surface area contributed by atoms with Crippen molar-refractivity contribution < 1.29 is 9.53 Å². The predicted octanol–water partition coefficient (Wildman–Crippen LogP) is 3.44. The van der Waals surface area contributed by atoms with Gasteiger partial charge in [-0.1, -0.05) is 36.4 Å². The second-order valence-corrected chi connectivity index (χ2v) is 5.29. The molecule has 1 amide bonds. The Balaban J connectivity index is 1.71. The predicted molar refractivity (Wildman–Crippen MR) is 83.6 cm³/mol. The fourth-order valence-electron chi connectivity index (χ4n) is 2.83. The maximum atomic E-state index is 12.5. The lowest BCUT2D eigenvalue weighted by atomic mass is 10.1. The quantitative estimate of drug-likeness (QED) is 0.932. The van der Waals surface area contributed by atoms with Crippen molar-refractivity contribution in [2.45, 2.75) is 19.8 Å². The number of nitrogens with one attached hydrogen (secondary N) is 1. The van der Waals surface area contributed by atoms with Gasteiger partial charge in [0, 0.05) is 5.92 Å². The first-order valence-corrected chi connectivity index (χ1v) is 7.37. The number of para-hydroxylation sites is 2. The number of fused-ring (bicyclic) bond motifs is 1. The Kier molecular flexibility index (Phi) is 3.91. The first kappa shape index (κ1) is 13.7. The van der Waals surface area contributed by atoms with Gasteiger partial charge in [0.2, 0.25) is 5.91 Å². The van der Waals surface area contributed by atoms with Crippen molar-refractivity contribution in [3.05, 3.63) is 59.7 Å². The SMILES string of the molecule is CCOc1ccccc1NC(=O)C1Cc2ccccc2C1. The van der Waals surface area contributed by atoms with Crippen LogP contribution >= 0.6 is 0 Å². The molecule has 0 radical (unpaired) electrons. The fourth-order valence-corrected chi connectivity index (χ4v) is 2.83. The van der Waals surface area contributed by atoms with E-state index in [1.54, 1.807) is 0 Å². The van der Waals surface area contributed by atoms with Crippen LogP contribution in [0.5, 0.6) is 5.75 Å². The van der Waals surface area contributed by atoms with Crippen LogP contribution in [-0.2, 0) is 17.6 Å². The Labute approximate surface area is 124 Å². The molecule has 0 saturated heterocycles. The van der Waals surface area contributed by atoms with Gasteiger partial charge in [0.25, 0.3) is 0 Å². The zero-order valence-electron chi connectivity index (χ0n) is 12.1. The highest BCUT2D eigenvalue weighted by Gasteiger charge is 2.27. The molecule has 2 aromatic rings. The molecule has 21 heavy (non-hydrogen) atoms. The highest BCUT2D eigenvalue weighted by atomic mass is 16.5. The van der Waals surface area contributed by atoms with Gasteiger partial charge in [0.05, 0.1) is 12.3 Å². The lowest BCUT2D eigenvalue weighted by molar-refractivity contribution is -0.119. The van der Waals surface area contributed by atoms with Crippen LogP contribution in [0.3, 0.4) is 0 Å². The number of hydrogen-bond acceptors (Lipinski definition) is 2. The highest BCUT2D eigenvalue weighted by Crippen LogP contribution is 2.29. The van der Waals surface area contributed by atoms with Gasteiger partial charge in [-0.25, -0.2) is 0 Å². The monoisotopic (exact) mass is 281 g/mol. The van der Waals surface area contributed by atoms with Gasteiger partial charge in [-0.2, -0.15) is 0 Å². The Morgan fingerprint density at radius 2 is 1.71 bits per heavy atom. The van der Waals surface area contributed by atoms with E-state index in [0.29, 0.717) is 6.61 Å². The normalized spacial score (nSPS) is 13.8. The van der Waals surface area contributed by atoms with Crippen molar-refractivity contribution in [3.8, 4) is 5.75 Å². The van der Waals surface area contributed by atoms with E-state index in [2.05, 4.69) is 17.4 Å². The smallest absolute Gasteiger partial charge is 0.228 e. The van der Waals surface area contributed by atoms with Crippen LogP contribution in [0.4, 0.5) is 5.69 Å². The van der Waals surface area contributed by atoms with E-state index >= 15 is 0 Å². The molecule has 0 atom stereocenters. The second kappa shape index (κ2) is 6.00. The standard InChI is InChI=1S/C18H19NO2/c1-2-21-17-10-6-5-9-16(17)19-18(20)15-11-13-7-3-4-8-14(13)12-15/h3-10,15H,2,11-12H2,1H3,(H,19,20). The summed E-state index contributed by atoms with van der Waals surface area (Å²) >= 11 is 0. The Hall–Kier alpha value is -2.29. The van der Waals surface area contributed by atoms with Crippen LogP contribution in [0.2, 0.25) is 0 Å². The Bertz CT molecular complexity index is 626. The molecule has 2 aromatic carbocycles. The van der Waals surface area contributed by atoms with E-state index in [1.807, 2.05) is 43.3 Å². The van der Waals surface area contributed by atoms with Crippen molar-refractivity contribution >= 4 is 11.6 Å². The summed E-state index contributed by atoms with van der Waals surface area (Å²) < 4.78 is 5.55. The minimum absolute atomic E-state index is 0.0112. The summed E-state index contributed by atoms with van der Waals surface area (Å²) in [5.74, 6) is 0.805. The summed E-state index contributed by atoms with van der Waals surface area (Å²) in [6.45, 7) is 2.52. The second-order valence-electron chi connectivity index (χ2n) is 5.29. The van der Waals surface area contributed by atoms with E-state index in [4.69, 9.17) is 4.74 Å². The third kappa shape index (κ3) is 2.92. The molecule has 3 heteroatoms. The number of carbonyl (C=O) groups is 1. The van der Waals surface area contributed by atoms with Crippen LogP contribution in [0.1, 0.15) is 18.1 Å². The average molecular weight is 281 g/mol. The molecule has 3 rings (SSSR count). The van der Waals surface area contributed by atoms with Gasteiger partial charge < -0.3 is 10.1 Å². The van der Waals surface area contributed by atoms with Crippen molar-refractivity contribution in [2.75, 3.05) is 11.9 Å². The minimum atomic E-state index is 0.0112. The Morgan fingerprint density at radius 3 is 2.38 bits per heavy atom. The van der Waals surface area contributed by atoms with Crippen molar-refractivity contribution in [3.63, 3.8) is 0 Å². The maximum Gasteiger partial charge on any atom is 0.228 e. The molecule has 1 aliphatic carbocycles. The van der Waals surface area contributed by atoms with E-state index in [0.717, 1.165) is 24.3 Å². The van der Waals surface area contributed by atoms with Gasteiger partial charge in [-0.05, 0) is 43.0 Å². The first-order valence-electron chi connectivity index (χ1n) is 7.37. The van der Waals surface area contributed by atoms with Crippen molar-refractivity contribution in [2.24, 2.45) is 5.92 Å². The lowest BCUT2D eigenvalue weighted by Crippen LogP contribution is -2.23. The Morgan fingerprint density at radius 1 is 1.10 bits per heavy atom. The van der Waals surface area contributed by atoms with Gasteiger partial charge in [0.15, 0.2) is 0 Å². The molecule has 1 N–H and O–H groups in total. The molecule has 0 saturated carbocycles. The summed E-state index contributed by atoms with van der Waals surface area (Å²) in [6, 6.07) is 15.8. The van der Waals surface area contributed by atoms with Crippen LogP contribution in [0.25, 0.3) is 0 Å². The number of rotatable bonds is 4. The zero-order valence-corrected chi connectivity index (χ0v) is 12.1. The number of ether oxygens (including phenoxy) is 1. The molecule has 1 aliphatic rings. The third-order valence-electron chi connectivity index (χ3n) is 3.87. The molecule has 0 heterocycles. The van der Waals surface area contributed by atoms with Gasteiger partial charge in [0.1, 0.15) is 5.75 Å². The number of hydrogen-bond donors (Lipinski definition) is 1. The third-order valence-corrected chi connectivity index (χ3v) is 3.87. The van der Waals surface area contributed by atoms with E-state index in [9.17, 15) is 4.79 Å². The molecule has 0 fully saturated rings. The number of amides is 1. The van der Waals surface area contributed by atoms with Crippen LogP contribution < -0.4 is 10.1 Å². The molecule has 0 unspecified atom stereocenters. The molecule has 0 spiro atoms. The van der Waals surface area contributed by atoms with Crippen LogP contribution in [-0.4, -0.2) is 12.5 Å². The largest absolute Gasteiger partial charge is 0.492 e. The summed E-state index contributed by atoms with van der Waals surface area (Å²) in [4.78, 5) is 12.5. The maximum absolute atomic E-state index is 12.5. The van der Waals surface area contributed by atoms with Crippen molar-refractivity contribution in [1.29, 1.82) is 0 Å². The summed E-state index contributed by atoms with van der Waals surface area (Å²) in [6.07, 6.45) is 1.64. The summed E-state index contributed by atoms with van der Waals surface area (Å²) in [7, 11) is 0. The molecular formula is C18H19NO2. The van der Waals surface area contributed by atoms with Crippen LogP contribution in [0, 0.1) is 5.92 Å². The average Bonchev–Trinajstić information content (AvgIpc) is 2.93. The molecule has 3 nitrogen and oxygen atoms in total.